The molecule has 1 heterocycles. The monoisotopic (exact) mass is 373 g/mol. The highest BCUT2D eigenvalue weighted by Crippen LogP contribution is 2.26. The molecule has 2 aromatic rings. The number of nitrogens with zero attached hydrogens (tertiary/aromatic N) is 2. The fraction of sp³-hybridized carbons (Fsp3) is 0.316. The molecule has 0 spiro atoms. The van der Waals surface area contributed by atoms with E-state index in [-0.39, 0.29) is 4.90 Å². The van der Waals surface area contributed by atoms with Gasteiger partial charge in [0, 0.05) is 26.2 Å². The standard InChI is InChI=1S/C19H23N3O3S/c1-21-11-13-22(14-12-21)18-10-6-5-9-17(18)20-19(23)15-26(24,25)16-7-3-2-4-8-16/h2-10H,11-15H2,1H3,(H,20,23). The second-order valence-corrected chi connectivity index (χ2v) is 8.42. The van der Waals surface area contributed by atoms with Crippen LogP contribution in [0.5, 0.6) is 0 Å². The van der Waals surface area contributed by atoms with Gasteiger partial charge in [0.2, 0.25) is 5.91 Å². The number of carbonyl (C=O) groups excluding carboxylic acids is 1. The summed E-state index contributed by atoms with van der Waals surface area (Å²) in [6, 6.07) is 15.5. The highest BCUT2D eigenvalue weighted by molar-refractivity contribution is 7.92. The largest absolute Gasteiger partial charge is 0.367 e. The number of carbonyl (C=O) groups is 1. The smallest absolute Gasteiger partial charge is 0.240 e. The van der Waals surface area contributed by atoms with Crippen LogP contribution < -0.4 is 10.2 Å². The van der Waals surface area contributed by atoms with Gasteiger partial charge in [-0.2, -0.15) is 0 Å². The minimum Gasteiger partial charge on any atom is -0.367 e. The highest BCUT2D eigenvalue weighted by atomic mass is 32.2. The number of rotatable bonds is 5. The molecule has 0 aromatic heterocycles. The number of hydrogen-bond donors (Lipinski definition) is 1. The number of sulfone groups is 1. The average Bonchev–Trinajstić information content (AvgIpc) is 2.63. The van der Waals surface area contributed by atoms with Crippen LogP contribution in [0.1, 0.15) is 0 Å². The first-order valence-electron chi connectivity index (χ1n) is 8.56. The Morgan fingerprint density at radius 2 is 1.58 bits per heavy atom. The van der Waals surface area contributed by atoms with Crippen molar-refractivity contribution in [2.45, 2.75) is 4.90 Å². The minimum atomic E-state index is -3.66. The van der Waals surface area contributed by atoms with Crippen LogP contribution in [0.3, 0.4) is 0 Å². The molecule has 0 aliphatic carbocycles. The summed E-state index contributed by atoms with van der Waals surface area (Å²) in [5.74, 6) is -1.11. The first kappa shape index (κ1) is 18.4. The van der Waals surface area contributed by atoms with Gasteiger partial charge in [-0.1, -0.05) is 30.3 Å². The van der Waals surface area contributed by atoms with Gasteiger partial charge >= 0.3 is 0 Å². The van der Waals surface area contributed by atoms with Gasteiger partial charge in [-0.05, 0) is 31.3 Å². The van der Waals surface area contributed by atoms with Crippen LogP contribution in [0.2, 0.25) is 0 Å². The lowest BCUT2D eigenvalue weighted by Crippen LogP contribution is -2.44. The molecule has 1 saturated heterocycles. The summed E-state index contributed by atoms with van der Waals surface area (Å²) in [7, 11) is -1.57. The normalized spacial score (nSPS) is 15.7. The Labute approximate surface area is 154 Å². The van der Waals surface area contributed by atoms with Gasteiger partial charge < -0.3 is 15.1 Å². The minimum absolute atomic E-state index is 0.155. The fourth-order valence-corrected chi connectivity index (χ4v) is 4.13. The second kappa shape index (κ2) is 7.88. The summed E-state index contributed by atoms with van der Waals surface area (Å²) in [6.07, 6.45) is 0. The molecule has 0 atom stereocenters. The third-order valence-corrected chi connectivity index (χ3v) is 6.08. The number of anilines is 2. The van der Waals surface area contributed by atoms with E-state index in [4.69, 9.17) is 0 Å². The van der Waals surface area contributed by atoms with E-state index in [0.717, 1.165) is 31.9 Å². The van der Waals surface area contributed by atoms with Crippen LogP contribution in [0, 0.1) is 0 Å². The highest BCUT2D eigenvalue weighted by Gasteiger charge is 2.21. The molecular formula is C19H23N3O3S. The molecular weight excluding hydrogens is 350 g/mol. The van der Waals surface area contributed by atoms with Gasteiger partial charge in [0.15, 0.2) is 9.84 Å². The van der Waals surface area contributed by atoms with Gasteiger partial charge in [-0.25, -0.2) is 8.42 Å². The quantitative estimate of drug-likeness (QED) is 0.866. The molecule has 26 heavy (non-hydrogen) atoms. The van der Waals surface area contributed by atoms with Gasteiger partial charge in [-0.3, -0.25) is 4.79 Å². The third kappa shape index (κ3) is 4.42. The SMILES string of the molecule is CN1CCN(c2ccccc2NC(=O)CS(=O)(=O)c2ccccc2)CC1. The molecule has 3 rings (SSSR count). The van der Waals surface area contributed by atoms with Gasteiger partial charge in [0.05, 0.1) is 16.3 Å². The molecule has 1 N–H and O–H groups in total. The Balaban J connectivity index is 1.72. The van der Waals surface area contributed by atoms with E-state index >= 15 is 0 Å². The predicted octanol–water partition coefficient (Wildman–Crippen LogP) is 1.85. The van der Waals surface area contributed by atoms with E-state index in [1.54, 1.807) is 24.3 Å². The Morgan fingerprint density at radius 3 is 2.27 bits per heavy atom. The van der Waals surface area contributed by atoms with E-state index in [1.165, 1.54) is 12.1 Å². The van der Waals surface area contributed by atoms with E-state index in [0.29, 0.717) is 5.69 Å². The second-order valence-electron chi connectivity index (χ2n) is 6.43. The molecule has 0 radical (unpaired) electrons. The molecule has 1 aliphatic heterocycles. The maximum atomic E-state index is 12.4. The van der Waals surface area contributed by atoms with Crippen molar-refractivity contribution in [1.29, 1.82) is 0 Å². The zero-order chi connectivity index (χ0) is 18.6. The summed E-state index contributed by atoms with van der Waals surface area (Å²) >= 11 is 0. The van der Waals surface area contributed by atoms with E-state index in [1.807, 2.05) is 18.2 Å². The Kier molecular flexibility index (Phi) is 5.58. The van der Waals surface area contributed by atoms with Crippen LogP contribution in [0.15, 0.2) is 59.5 Å². The van der Waals surface area contributed by atoms with Crippen molar-refractivity contribution in [3.05, 3.63) is 54.6 Å². The molecule has 7 heteroatoms. The molecule has 6 nitrogen and oxygen atoms in total. The number of likely N-dealkylation sites (N-methyl/N-ethyl adjacent to an activating group) is 1. The summed E-state index contributed by atoms with van der Waals surface area (Å²) < 4.78 is 24.8. The topological polar surface area (TPSA) is 69.7 Å². The predicted molar refractivity (Wildman–Crippen MR) is 103 cm³/mol. The van der Waals surface area contributed by atoms with Gasteiger partial charge in [-0.15, -0.1) is 0 Å². The van der Waals surface area contributed by atoms with Crippen molar-refractivity contribution in [1.82, 2.24) is 4.90 Å². The van der Waals surface area contributed by atoms with Crippen molar-refractivity contribution in [3.63, 3.8) is 0 Å². The molecule has 0 unspecified atom stereocenters. The van der Waals surface area contributed by atoms with Crippen LogP contribution in [0.4, 0.5) is 11.4 Å². The molecule has 0 bridgehead atoms. The van der Waals surface area contributed by atoms with Crippen LogP contribution in [0.25, 0.3) is 0 Å². The van der Waals surface area contributed by atoms with Crippen molar-refractivity contribution in [2.24, 2.45) is 0 Å². The Hall–Kier alpha value is -2.38. The lowest BCUT2D eigenvalue weighted by Gasteiger charge is -2.35. The molecule has 1 fully saturated rings. The van der Waals surface area contributed by atoms with Crippen LogP contribution >= 0.6 is 0 Å². The number of piperazine rings is 1. The van der Waals surface area contributed by atoms with Crippen molar-refractivity contribution in [3.8, 4) is 0 Å². The number of amides is 1. The van der Waals surface area contributed by atoms with E-state index < -0.39 is 21.5 Å². The summed E-state index contributed by atoms with van der Waals surface area (Å²) in [4.78, 5) is 17.0. The van der Waals surface area contributed by atoms with Crippen molar-refractivity contribution in [2.75, 3.05) is 49.2 Å². The third-order valence-electron chi connectivity index (χ3n) is 4.45. The zero-order valence-electron chi connectivity index (χ0n) is 14.8. The van der Waals surface area contributed by atoms with Crippen molar-refractivity contribution >= 4 is 27.1 Å². The Bertz CT molecular complexity index is 861. The zero-order valence-corrected chi connectivity index (χ0v) is 15.6. The first-order chi connectivity index (χ1) is 12.5. The summed E-state index contributed by atoms with van der Waals surface area (Å²) in [5, 5.41) is 2.77. The number of para-hydroxylation sites is 2. The lowest BCUT2D eigenvalue weighted by molar-refractivity contribution is -0.113. The molecule has 2 aromatic carbocycles. The van der Waals surface area contributed by atoms with Crippen molar-refractivity contribution < 1.29 is 13.2 Å². The fourth-order valence-electron chi connectivity index (χ4n) is 2.97. The molecule has 1 amide bonds. The molecule has 138 valence electrons. The lowest BCUT2D eigenvalue weighted by atomic mass is 10.2. The molecule has 1 aliphatic rings. The maximum absolute atomic E-state index is 12.4. The van der Waals surface area contributed by atoms with Gasteiger partial charge in [0.1, 0.15) is 5.75 Å². The number of hydrogen-bond acceptors (Lipinski definition) is 5. The number of benzene rings is 2. The summed E-state index contributed by atoms with van der Waals surface area (Å²) in [5.41, 5.74) is 1.57. The van der Waals surface area contributed by atoms with Gasteiger partial charge in [0.25, 0.3) is 0 Å². The van der Waals surface area contributed by atoms with E-state index in [9.17, 15) is 13.2 Å². The molecule has 0 saturated carbocycles. The maximum Gasteiger partial charge on any atom is 0.240 e. The number of nitrogens with one attached hydrogen (secondary N) is 1. The average molecular weight is 373 g/mol. The Morgan fingerprint density at radius 1 is 0.962 bits per heavy atom. The van der Waals surface area contributed by atoms with Crippen LogP contribution in [-0.2, 0) is 14.6 Å². The van der Waals surface area contributed by atoms with Crippen LogP contribution in [-0.4, -0.2) is 58.2 Å². The van der Waals surface area contributed by atoms with E-state index in [2.05, 4.69) is 22.2 Å². The summed E-state index contributed by atoms with van der Waals surface area (Å²) in [6.45, 7) is 3.63. The first-order valence-corrected chi connectivity index (χ1v) is 10.2.